The molecule has 0 aromatic heterocycles. The first-order valence-corrected chi connectivity index (χ1v) is 34.7. The van der Waals surface area contributed by atoms with Crippen molar-refractivity contribution in [2.24, 2.45) is 0 Å². The third kappa shape index (κ3) is 14.1. The molecule has 0 aliphatic rings. The molecular formula is C76H78O2Si2. The zero-order valence-corrected chi connectivity index (χ0v) is 50.6. The molecule has 0 heterocycles. The van der Waals surface area contributed by atoms with Crippen LogP contribution in [0.5, 0.6) is 11.5 Å². The van der Waals surface area contributed by atoms with Gasteiger partial charge < -0.3 is 9.47 Å². The average Bonchev–Trinajstić information content (AvgIpc) is 3.64. The monoisotopic (exact) mass is 1080 g/mol. The molecule has 2 nitrogen and oxygen atoms in total. The normalized spacial score (nSPS) is 10.9. The van der Waals surface area contributed by atoms with Crippen LogP contribution in [0.1, 0.15) is 114 Å². The molecule has 80 heavy (non-hydrogen) atoms. The Balaban J connectivity index is 1.32. The third-order valence-electron chi connectivity index (χ3n) is 16.1. The highest BCUT2D eigenvalue weighted by atomic mass is 28.3. The average molecular weight is 1080 g/mol. The minimum absolute atomic E-state index is 0.611. The zero-order valence-electron chi connectivity index (χ0n) is 48.6. The molecule has 0 bridgehead atoms. The number of hydrogen-bond donors (Lipinski definition) is 0. The van der Waals surface area contributed by atoms with Gasteiger partial charge in [-0.15, -0.1) is 11.1 Å². The maximum Gasteiger partial charge on any atom is 0.138 e. The second-order valence-corrected chi connectivity index (χ2v) is 30.7. The summed E-state index contributed by atoms with van der Waals surface area (Å²) < 4.78 is 13.6. The van der Waals surface area contributed by atoms with E-state index in [-0.39, 0.29) is 0 Å². The Morgan fingerprint density at radius 2 is 0.688 bits per heavy atom. The van der Waals surface area contributed by atoms with Crippen molar-refractivity contribution in [3.63, 3.8) is 0 Å². The van der Waals surface area contributed by atoms with Gasteiger partial charge in [0.05, 0.1) is 24.4 Å². The van der Waals surface area contributed by atoms with E-state index in [1.54, 1.807) is 0 Å². The third-order valence-corrected chi connectivity index (χ3v) is 25.5. The van der Waals surface area contributed by atoms with Crippen molar-refractivity contribution in [2.45, 2.75) is 117 Å². The van der Waals surface area contributed by atoms with E-state index in [0.717, 1.165) is 162 Å². The molecule has 402 valence electrons. The van der Waals surface area contributed by atoms with E-state index >= 15 is 0 Å². The van der Waals surface area contributed by atoms with Gasteiger partial charge in [-0.25, -0.2) is 0 Å². The fourth-order valence-electron chi connectivity index (χ4n) is 10.5. The number of rotatable bonds is 19. The smallest absolute Gasteiger partial charge is 0.138 e. The van der Waals surface area contributed by atoms with Gasteiger partial charge in [0.1, 0.15) is 27.6 Å². The van der Waals surface area contributed by atoms with Gasteiger partial charge in [-0.3, -0.25) is 0 Å². The summed E-state index contributed by atoms with van der Waals surface area (Å²) in [7, 11) is -3.63. The Bertz CT molecular complexity index is 3360. The highest BCUT2D eigenvalue weighted by Gasteiger charge is 2.26. The Hall–Kier alpha value is -7.97. The Morgan fingerprint density at radius 3 is 0.988 bits per heavy atom. The summed E-state index contributed by atoms with van der Waals surface area (Å²) in [5.74, 6) is 23.8. The Labute approximate surface area is 481 Å². The van der Waals surface area contributed by atoms with Gasteiger partial charge in [0.15, 0.2) is 0 Å². The van der Waals surface area contributed by atoms with Crippen molar-refractivity contribution in [2.75, 3.05) is 13.2 Å². The van der Waals surface area contributed by atoms with Crippen LogP contribution in [0.25, 0.3) is 43.8 Å². The van der Waals surface area contributed by atoms with Crippen LogP contribution in [0, 0.1) is 46.6 Å². The summed E-state index contributed by atoms with van der Waals surface area (Å²) in [4.78, 5) is 0. The van der Waals surface area contributed by atoms with Gasteiger partial charge in [0.2, 0.25) is 0 Å². The first-order chi connectivity index (χ1) is 39.2. The van der Waals surface area contributed by atoms with Crippen LogP contribution in [0.4, 0.5) is 0 Å². The molecule has 0 aliphatic heterocycles. The topological polar surface area (TPSA) is 18.5 Å². The van der Waals surface area contributed by atoms with E-state index in [4.69, 9.17) is 9.47 Å². The summed E-state index contributed by atoms with van der Waals surface area (Å²) >= 11 is 0. The van der Waals surface area contributed by atoms with Gasteiger partial charge in [0, 0.05) is 33.4 Å². The summed E-state index contributed by atoms with van der Waals surface area (Å²) in [6.07, 6.45) is 3.96. The summed E-state index contributed by atoms with van der Waals surface area (Å²) in [5.41, 5.74) is 19.9. The van der Waals surface area contributed by atoms with Crippen LogP contribution in [0.3, 0.4) is 0 Å². The van der Waals surface area contributed by atoms with Gasteiger partial charge in [-0.05, 0) is 129 Å². The second-order valence-electron chi connectivity index (χ2n) is 20.8. The van der Waals surface area contributed by atoms with Crippen molar-refractivity contribution in [3.8, 4) is 69.2 Å². The van der Waals surface area contributed by atoms with Crippen molar-refractivity contribution in [1.82, 2.24) is 0 Å². The minimum Gasteiger partial charge on any atom is -0.493 e. The van der Waals surface area contributed by atoms with Gasteiger partial charge in [-0.2, -0.15) is 0 Å². The quantitative estimate of drug-likeness (QED) is 0.0456. The van der Waals surface area contributed by atoms with Crippen LogP contribution < -0.4 is 9.47 Å². The van der Waals surface area contributed by atoms with Gasteiger partial charge in [-0.1, -0.05) is 249 Å². The fraction of sp³-hybridized carbons (Fsp3) is 0.263. The highest BCUT2D eigenvalue weighted by Crippen LogP contribution is 2.46. The molecular weight excluding hydrogens is 1000 g/mol. The van der Waals surface area contributed by atoms with E-state index in [9.17, 15) is 0 Å². The molecule has 8 aromatic rings. The van der Waals surface area contributed by atoms with E-state index in [0.29, 0.717) is 13.2 Å². The molecule has 0 fully saturated rings. The maximum atomic E-state index is 6.79. The Kier molecular flexibility index (Phi) is 20.9. The molecule has 0 aliphatic carbocycles. The summed E-state index contributed by atoms with van der Waals surface area (Å²) in [6.45, 7) is 19.5. The van der Waals surface area contributed by atoms with Gasteiger partial charge in [0.25, 0.3) is 0 Å². The number of hydrogen-bond acceptors (Lipinski definition) is 2. The van der Waals surface area contributed by atoms with E-state index < -0.39 is 16.1 Å². The van der Waals surface area contributed by atoms with Crippen molar-refractivity contribution < 1.29 is 9.47 Å². The van der Waals surface area contributed by atoms with Crippen molar-refractivity contribution >= 4 is 48.8 Å². The number of unbranched alkanes of at least 4 members (excludes halogenated alkanes) is 2. The lowest BCUT2D eigenvalue weighted by Gasteiger charge is -2.20. The summed E-state index contributed by atoms with van der Waals surface area (Å²) in [5, 5.41) is 4.29. The van der Waals surface area contributed by atoms with Crippen LogP contribution in [-0.2, 0) is 0 Å². The van der Waals surface area contributed by atoms with Crippen molar-refractivity contribution in [3.05, 3.63) is 227 Å². The maximum absolute atomic E-state index is 6.79. The van der Waals surface area contributed by atoms with Crippen LogP contribution >= 0.6 is 0 Å². The molecule has 8 aromatic carbocycles. The van der Waals surface area contributed by atoms with Crippen molar-refractivity contribution in [1.29, 1.82) is 0 Å². The largest absolute Gasteiger partial charge is 0.493 e. The molecule has 0 radical (unpaired) electrons. The SMILES string of the molecule is CCCCOc1ccc2cc(C#CC(C#C[Si](CC)(CC)CC)=C(c3ccccc3)c3ccccc3)ccc2c1-c1c(OCCCC)ccc2cc(C#CC(C#C[Si](CC)(CC)CC)=C(c3ccccc3)c3ccccc3)ccc12. The number of fused-ring (bicyclic) bond motifs is 2. The molecule has 0 saturated heterocycles. The zero-order chi connectivity index (χ0) is 56.2. The summed E-state index contributed by atoms with van der Waals surface area (Å²) in [6, 6.07) is 71.0. The lowest BCUT2D eigenvalue weighted by molar-refractivity contribution is 0.306. The predicted molar refractivity (Wildman–Crippen MR) is 349 cm³/mol. The van der Waals surface area contributed by atoms with Crippen LogP contribution in [0.2, 0.25) is 36.3 Å². The molecule has 0 spiro atoms. The molecule has 8 rings (SSSR count). The first-order valence-electron chi connectivity index (χ1n) is 29.5. The molecule has 4 heteroatoms. The first kappa shape index (κ1) is 58.2. The number of allylic oxidation sites excluding steroid dienone is 2. The lowest BCUT2D eigenvalue weighted by atomic mass is 9.90. The van der Waals surface area contributed by atoms with Crippen LogP contribution in [0.15, 0.2) is 193 Å². The predicted octanol–water partition coefficient (Wildman–Crippen LogP) is 19.8. The second kappa shape index (κ2) is 28.8. The lowest BCUT2D eigenvalue weighted by Crippen LogP contribution is -2.29. The standard InChI is InChI=1S/C76H78O2Si2/c1-9-17-53-77-71-49-45-67-57-59(39-43-65(51-55-79(11-3,12-4)13-5)73(61-31-23-19-24-32-61)62-33-25-20-26-34-62)41-47-69(67)75(71)76-70-48-42-60(58-68(70)46-50-72(76)78-54-18-10-2)40-44-66(52-56-80(14-6,15-7)16-8)74(63-35-27-21-28-36-63)64-37-29-22-30-38-64/h19-38,41-42,45-50,57-58H,9-18,53-54H2,1-8H3. The highest BCUT2D eigenvalue weighted by molar-refractivity contribution is 6.87. The van der Waals surface area contributed by atoms with E-state index in [1.165, 1.54) is 0 Å². The Morgan fingerprint density at radius 1 is 0.362 bits per heavy atom. The van der Waals surface area contributed by atoms with Gasteiger partial charge >= 0.3 is 0 Å². The fourth-order valence-corrected chi connectivity index (χ4v) is 15.4. The molecule has 0 atom stereocenters. The number of benzene rings is 8. The molecule has 0 saturated carbocycles. The number of ether oxygens (including phenoxy) is 2. The molecule has 0 unspecified atom stereocenters. The van der Waals surface area contributed by atoms with E-state index in [1.807, 2.05) is 0 Å². The van der Waals surface area contributed by atoms with Crippen LogP contribution in [-0.4, -0.2) is 29.4 Å². The molecule has 0 N–H and O–H groups in total. The minimum atomic E-state index is -1.81. The molecule has 0 amide bonds. The van der Waals surface area contributed by atoms with E-state index in [2.05, 4.69) is 284 Å².